The minimum absolute atomic E-state index is 0.296. The van der Waals surface area contributed by atoms with E-state index in [2.05, 4.69) is 11.9 Å². The van der Waals surface area contributed by atoms with Crippen LogP contribution in [0.2, 0.25) is 0 Å². The fraction of sp³-hybridized carbons (Fsp3) is 0.917. The van der Waals surface area contributed by atoms with Gasteiger partial charge >= 0.3 is 0 Å². The number of nitrogens with zero attached hydrogens (tertiary/aromatic N) is 2. The molecule has 1 aliphatic heterocycles. The summed E-state index contributed by atoms with van der Waals surface area (Å²) in [5.74, 6) is 1.49. The quantitative estimate of drug-likeness (QED) is 0.699. The van der Waals surface area contributed by atoms with Crippen molar-refractivity contribution in [2.75, 3.05) is 33.7 Å². The third-order valence-corrected chi connectivity index (χ3v) is 3.67. The first-order valence-electron chi connectivity index (χ1n) is 6.10. The lowest BCUT2D eigenvalue weighted by Crippen LogP contribution is -2.40. The molecule has 0 N–H and O–H groups in total. The molecule has 2 rings (SSSR count). The molecule has 1 saturated carbocycles. The monoisotopic (exact) mass is 210 g/mol. The Balaban J connectivity index is 1.78. The van der Waals surface area contributed by atoms with Crippen LogP contribution in [0.5, 0.6) is 0 Å². The lowest BCUT2D eigenvalue weighted by atomic mass is 9.96. The second-order valence-corrected chi connectivity index (χ2v) is 5.24. The predicted molar refractivity (Wildman–Crippen MR) is 60.6 cm³/mol. The highest BCUT2D eigenvalue weighted by Crippen LogP contribution is 2.30. The van der Waals surface area contributed by atoms with E-state index >= 15 is 0 Å². The number of hydrogen-bond acceptors (Lipinski definition) is 2. The van der Waals surface area contributed by atoms with Gasteiger partial charge in [-0.15, -0.1) is 0 Å². The summed E-state index contributed by atoms with van der Waals surface area (Å²) < 4.78 is 0. The summed E-state index contributed by atoms with van der Waals surface area (Å²) >= 11 is 0. The SMILES string of the molecule is CN1CCC(C(=O)N(C)CC2CC2)CC1. The van der Waals surface area contributed by atoms with Crippen molar-refractivity contribution in [1.29, 1.82) is 0 Å². The van der Waals surface area contributed by atoms with Crippen LogP contribution in [-0.4, -0.2) is 49.4 Å². The molecule has 3 nitrogen and oxygen atoms in total. The van der Waals surface area contributed by atoms with Gasteiger partial charge in [-0.25, -0.2) is 0 Å². The van der Waals surface area contributed by atoms with E-state index in [-0.39, 0.29) is 0 Å². The number of carbonyl (C=O) groups excluding carboxylic acids is 1. The van der Waals surface area contributed by atoms with Crippen molar-refractivity contribution >= 4 is 5.91 Å². The molecule has 86 valence electrons. The Morgan fingerprint density at radius 3 is 2.40 bits per heavy atom. The maximum Gasteiger partial charge on any atom is 0.225 e. The normalized spacial score (nSPS) is 24.1. The highest BCUT2D eigenvalue weighted by Gasteiger charge is 2.29. The standard InChI is InChI=1S/C12H22N2O/c1-13-7-5-11(6-8-13)12(15)14(2)9-10-3-4-10/h10-11H,3-9H2,1-2H3. The molecular weight excluding hydrogens is 188 g/mol. The molecule has 0 radical (unpaired) electrons. The van der Waals surface area contributed by atoms with Gasteiger partial charge in [0.1, 0.15) is 0 Å². The number of likely N-dealkylation sites (tertiary alicyclic amines) is 1. The average molecular weight is 210 g/mol. The minimum atomic E-state index is 0.296. The van der Waals surface area contributed by atoms with Crippen molar-refractivity contribution in [1.82, 2.24) is 9.80 Å². The Labute approximate surface area is 92.4 Å². The van der Waals surface area contributed by atoms with E-state index in [0.29, 0.717) is 11.8 Å². The van der Waals surface area contributed by atoms with Gasteiger partial charge in [0.2, 0.25) is 5.91 Å². The molecule has 0 atom stereocenters. The van der Waals surface area contributed by atoms with Gasteiger partial charge in [-0.05, 0) is 51.7 Å². The van der Waals surface area contributed by atoms with Crippen molar-refractivity contribution in [2.24, 2.45) is 11.8 Å². The second-order valence-electron chi connectivity index (χ2n) is 5.24. The van der Waals surface area contributed by atoms with Gasteiger partial charge in [-0.3, -0.25) is 4.79 Å². The molecular formula is C12H22N2O. The molecule has 0 unspecified atom stereocenters. The Morgan fingerprint density at radius 1 is 1.27 bits per heavy atom. The van der Waals surface area contributed by atoms with Crippen LogP contribution >= 0.6 is 0 Å². The van der Waals surface area contributed by atoms with Gasteiger partial charge in [-0.2, -0.15) is 0 Å². The highest BCUT2D eigenvalue weighted by atomic mass is 16.2. The Kier molecular flexibility index (Phi) is 3.29. The van der Waals surface area contributed by atoms with E-state index in [1.807, 2.05) is 11.9 Å². The molecule has 15 heavy (non-hydrogen) atoms. The second kappa shape index (κ2) is 4.52. The number of hydrogen-bond donors (Lipinski definition) is 0. The number of carbonyl (C=O) groups is 1. The van der Waals surface area contributed by atoms with E-state index in [1.165, 1.54) is 12.8 Å². The molecule has 0 aromatic rings. The molecule has 0 aromatic heterocycles. The van der Waals surface area contributed by atoms with Crippen LogP contribution in [0.3, 0.4) is 0 Å². The molecule has 0 bridgehead atoms. The number of piperidine rings is 1. The molecule has 1 amide bonds. The van der Waals surface area contributed by atoms with Crippen LogP contribution in [0.15, 0.2) is 0 Å². The molecule has 1 aliphatic carbocycles. The first-order chi connectivity index (χ1) is 7.16. The maximum atomic E-state index is 12.1. The lowest BCUT2D eigenvalue weighted by Gasteiger charge is -2.30. The first-order valence-corrected chi connectivity index (χ1v) is 6.10. The van der Waals surface area contributed by atoms with Crippen LogP contribution < -0.4 is 0 Å². The Morgan fingerprint density at radius 2 is 1.87 bits per heavy atom. The molecule has 1 saturated heterocycles. The van der Waals surface area contributed by atoms with Gasteiger partial charge in [-0.1, -0.05) is 0 Å². The molecule has 2 fully saturated rings. The van der Waals surface area contributed by atoms with Crippen molar-refractivity contribution in [2.45, 2.75) is 25.7 Å². The first kappa shape index (κ1) is 10.9. The van der Waals surface area contributed by atoms with Gasteiger partial charge in [0, 0.05) is 19.5 Å². The average Bonchev–Trinajstić information content (AvgIpc) is 3.02. The third-order valence-electron chi connectivity index (χ3n) is 3.67. The summed E-state index contributed by atoms with van der Waals surface area (Å²) in [6.45, 7) is 3.15. The fourth-order valence-electron chi connectivity index (χ4n) is 2.34. The Bertz CT molecular complexity index is 230. The summed E-state index contributed by atoms with van der Waals surface area (Å²) in [5, 5.41) is 0. The topological polar surface area (TPSA) is 23.6 Å². The van der Waals surface area contributed by atoms with Gasteiger partial charge in [0.25, 0.3) is 0 Å². The fourth-order valence-corrected chi connectivity index (χ4v) is 2.34. The summed E-state index contributed by atoms with van der Waals surface area (Å²) in [5.41, 5.74) is 0. The van der Waals surface area contributed by atoms with Crippen molar-refractivity contribution in [3.63, 3.8) is 0 Å². The zero-order valence-electron chi connectivity index (χ0n) is 9.91. The van der Waals surface area contributed by atoms with Crippen molar-refractivity contribution in [3.8, 4) is 0 Å². The van der Waals surface area contributed by atoms with Crippen LogP contribution in [0.4, 0.5) is 0 Å². The summed E-state index contributed by atoms with van der Waals surface area (Å²) in [7, 11) is 4.10. The number of rotatable bonds is 3. The lowest BCUT2D eigenvalue weighted by molar-refractivity contribution is -0.135. The van der Waals surface area contributed by atoms with Crippen molar-refractivity contribution in [3.05, 3.63) is 0 Å². The molecule has 2 aliphatic rings. The van der Waals surface area contributed by atoms with Crippen LogP contribution in [-0.2, 0) is 4.79 Å². The Hall–Kier alpha value is -0.570. The smallest absolute Gasteiger partial charge is 0.225 e. The molecule has 0 aromatic carbocycles. The number of amides is 1. The highest BCUT2D eigenvalue weighted by molar-refractivity contribution is 5.78. The molecule has 1 heterocycles. The molecule has 0 spiro atoms. The van der Waals surface area contributed by atoms with Gasteiger partial charge in [0.05, 0.1) is 0 Å². The van der Waals surface area contributed by atoms with Crippen LogP contribution in [0.1, 0.15) is 25.7 Å². The van der Waals surface area contributed by atoms with Crippen LogP contribution in [0, 0.1) is 11.8 Å². The van der Waals surface area contributed by atoms with E-state index in [1.54, 1.807) is 0 Å². The van der Waals surface area contributed by atoms with Crippen molar-refractivity contribution < 1.29 is 4.79 Å². The van der Waals surface area contributed by atoms with Gasteiger partial charge < -0.3 is 9.80 Å². The maximum absolute atomic E-state index is 12.1. The minimum Gasteiger partial charge on any atom is -0.345 e. The summed E-state index contributed by atoms with van der Waals surface area (Å²) in [4.78, 5) is 16.4. The van der Waals surface area contributed by atoms with E-state index < -0.39 is 0 Å². The third kappa shape index (κ3) is 2.94. The zero-order chi connectivity index (χ0) is 10.8. The van der Waals surface area contributed by atoms with Crippen LogP contribution in [0.25, 0.3) is 0 Å². The van der Waals surface area contributed by atoms with Gasteiger partial charge in [0.15, 0.2) is 0 Å². The van der Waals surface area contributed by atoms with E-state index in [4.69, 9.17) is 0 Å². The zero-order valence-corrected chi connectivity index (χ0v) is 9.91. The van der Waals surface area contributed by atoms with E-state index in [0.717, 1.165) is 38.4 Å². The van der Waals surface area contributed by atoms with E-state index in [9.17, 15) is 4.79 Å². The predicted octanol–water partition coefficient (Wildman–Crippen LogP) is 1.20. The summed E-state index contributed by atoms with van der Waals surface area (Å²) in [6.07, 6.45) is 4.74. The largest absolute Gasteiger partial charge is 0.345 e. The summed E-state index contributed by atoms with van der Waals surface area (Å²) in [6, 6.07) is 0. The molecule has 3 heteroatoms.